The molecule has 1 aromatic carbocycles. The van der Waals surface area contributed by atoms with Gasteiger partial charge in [0.25, 0.3) is 11.7 Å². The standard InChI is InChI=1S/C25H24N2O5/c1-4-31-19-8-6-18(13-15(19)2)23(28)21-22(20-7-5-16(3)32-20)27(25(30)24(21)29)14-17-9-11-26-12-10-17/h5-13,22,28H,4,14H2,1-3H3/b23-21-. The molecule has 3 heterocycles. The molecule has 1 atom stereocenters. The van der Waals surface area contributed by atoms with Crippen LogP contribution in [0.1, 0.15) is 41.2 Å². The number of pyridine rings is 1. The van der Waals surface area contributed by atoms with Gasteiger partial charge in [0, 0.05) is 24.5 Å². The van der Waals surface area contributed by atoms with E-state index >= 15 is 0 Å². The monoisotopic (exact) mass is 432 g/mol. The number of nitrogens with zero attached hydrogens (tertiary/aromatic N) is 2. The molecular weight excluding hydrogens is 408 g/mol. The predicted octanol–water partition coefficient (Wildman–Crippen LogP) is 4.31. The maximum Gasteiger partial charge on any atom is 0.296 e. The molecule has 1 N–H and O–H groups in total. The largest absolute Gasteiger partial charge is 0.507 e. The number of amides is 1. The number of aliphatic hydroxyl groups excluding tert-OH is 1. The first kappa shape index (κ1) is 21.4. The van der Waals surface area contributed by atoms with Crippen molar-refractivity contribution >= 4 is 17.4 Å². The zero-order valence-corrected chi connectivity index (χ0v) is 18.2. The van der Waals surface area contributed by atoms with Crippen molar-refractivity contribution in [3.63, 3.8) is 0 Å². The average molecular weight is 432 g/mol. The van der Waals surface area contributed by atoms with E-state index in [1.165, 1.54) is 4.90 Å². The molecule has 1 aliphatic heterocycles. The summed E-state index contributed by atoms with van der Waals surface area (Å²) in [5, 5.41) is 11.2. The minimum absolute atomic E-state index is 0.00182. The van der Waals surface area contributed by atoms with Crippen LogP contribution in [0.5, 0.6) is 5.75 Å². The SMILES string of the molecule is CCOc1ccc(/C(O)=C2/C(=O)C(=O)N(Cc3ccncc3)C2c2ccc(C)o2)cc1C. The van der Waals surface area contributed by atoms with E-state index in [9.17, 15) is 14.7 Å². The Kier molecular flexibility index (Phi) is 5.81. The summed E-state index contributed by atoms with van der Waals surface area (Å²) < 4.78 is 11.4. The van der Waals surface area contributed by atoms with Crippen LogP contribution in [0.3, 0.4) is 0 Å². The summed E-state index contributed by atoms with van der Waals surface area (Å²) in [5.74, 6) is 0.0739. The van der Waals surface area contributed by atoms with Gasteiger partial charge in [0.05, 0.1) is 12.2 Å². The second-order valence-electron chi connectivity index (χ2n) is 7.64. The quantitative estimate of drug-likeness (QED) is 0.354. The van der Waals surface area contributed by atoms with Gasteiger partial charge < -0.3 is 19.2 Å². The molecule has 0 spiro atoms. The third-order valence-corrected chi connectivity index (χ3v) is 5.42. The van der Waals surface area contributed by atoms with Gasteiger partial charge in [-0.25, -0.2) is 0 Å². The Balaban J connectivity index is 1.82. The number of carbonyl (C=O) groups is 2. The number of ether oxygens (including phenoxy) is 1. The molecule has 1 amide bonds. The van der Waals surface area contributed by atoms with Crippen molar-refractivity contribution in [2.45, 2.75) is 33.4 Å². The van der Waals surface area contributed by atoms with E-state index < -0.39 is 17.7 Å². The number of furan rings is 1. The van der Waals surface area contributed by atoms with Crippen molar-refractivity contribution in [1.82, 2.24) is 9.88 Å². The molecule has 7 heteroatoms. The number of aromatic nitrogens is 1. The lowest BCUT2D eigenvalue weighted by atomic mass is 9.98. The van der Waals surface area contributed by atoms with E-state index in [2.05, 4.69) is 4.98 Å². The first-order valence-electron chi connectivity index (χ1n) is 10.4. The molecule has 4 rings (SSSR count). The van der Waals surface area contributed by atoms with Gasteiger partial charge in [-0.15, -0.1) is 0 Å². The van der Waals surface area contributed by atoms with Gasteiger partial charge in [-0.3, -0.25) is 14.6 Å². The van der Waals surface area contributed by atoms with Crippen molar-refractivity contribution in [3.05, 3.63) is 88.6 Å². The number of hydrogen-bond acceptors (Lipinski definition) is 6. The number of hydrogen-bond donors (Lipinski definition) is 1. The van der Waals surface area contributed by atoms with Gasteiger partial charge >= 0.3 is 0 Å². The Morgan fingerprint density at radius 1 is 1.12 bits per heavy atom. The number of carbonyl (C=O) groups excluding carboxylic acids is 2. The Morgan fingerprint density at radius 2 is 1.88 bits per heavy atom. The van der Waals surface area contributed by atoms with Crippen molar-refractivity contribution in [2.75, 3.05) is 6.61 Å². The second-order valence-corrected chi connectivity index (χ2v) is 7.64. The first-order valence-corrected chi connectivity index (χ1v) is 10.4. The maximum absolute atomic E-state index is 13.1. The van der Waals surface area contributed by atoms with E-state index in [0.29, 0.717) is 29.4 Å². The van der Waals surface area contributed by atoms with Crippen LogP contribution < -0.4 is 4.74 Å². The molecule has 164 valence electrons. The van der Waals surface area contributed by atoms with Crippen LogP contribution in [-0.2, 0) is 16.1 Å². The van der Waals surface area contributed by atoms with E-state index in [1.807, 2.05) is 13.8 Å². The zero-order valence-electron chi connectivity index (χ0n) is 18.2. The molecule has 0 saturated carbocycles. The van der Waals surface area contributed by atoms with E-state index in [-0.39, 0.29) is 17.9 Å². The molecule has 0 radical (unpaired) electrons. The van der Waals surface area contributed by atoms with Crippen LogP contribution in [0.4, 0.5) is 0 Å². The lowest BCUT2D eigenvalue weighted by molar-refractivity contribution is -0.140. The fourth-order valence-corrected chi connectivity index (χ4v) is 3.89. The predicted molar refractivity (Wildman–Crippen MR) is 118 cm³/mol. The summed E-state index contributed by atoms with van der Waals surface area (Å²) >= 11 is 0. The molecular formula is C25H24N2O5. The minimum Gasteiger partial charge on any atom is -0.507 e. The zero-order chi connectivity index (χ0) is 22.8. The number of likely N-dealkylation sites (tertiary alicyclic amines) is 1. The molecule has 0 aliphatic carbocycles. The summed E-state index contributed by atoms with van der Waals surface area (Å²) in [6.07, 6.45) is 3.25. The second kappa shape index (κ2) is 8.70. The number of aliphatic hydroxyl groups is 1. The van der Waals surface area contributed by atoms with Crippen LogP contribution in [0, 0.1) is 13.8 Å². The van der Waals surface area contributed by atoms with E-state index in [1.54, 1.807) is 61.8 Å². The highest BCUT2D eigenvalue weighted by Crippen LogP contribution is 2.41. The highest BCUT2D eigenvalue weighted by atomic mass is 16.5. The minimum atomic E-state index is -0.844. The smallest absolute Gasteiger partial charge is 0.296 e. The van der Waals surface area contributed by atoms with Gasteiger partial charge in [0.2, 0.25) is 0 Å². The third-order valence-electron chi connectivity index (χ3n) is 5.42. The maximum atomic E-state index is 13.1. The molecule has 7 nitrogen and oxygen atoms in total. The summed E-state index contributed by atoms with van der Waals surface area (Å²) in [6.45, 7) is 6.23. The van der Waals surface area contributed by atoms with Crippen molar-refractivity contribution in [1.29, 1.82) is 0 Å². The fourth-order valence-electron chi connectivity index (χ4n) is 3.89. The Hall–Kier alpha value is -3.87. The topological polar surface area (TPSA) is 92.9 Å². The molecule has 2 aromatic heterocycles. The number of benzene rings is 1. The van der Waals surface area contributed by atoms with Gasteiger partial charge in [0.1, 0.15) is 29.1 Å². The third kappa shape index (κ3) is 3.89. The normalized spacial score (nSPS) is 17.7. The Labute approximate surface area is 186 Å². The Morgan fingerprint density at radius 3 is 2.50 bits per heavy atom. The first-order chi connectivity index (χ1) is 15.4. The number of rotatable bonds is 6. The van der Waals surface area contributed by atoms with Crippen LogP contribution in [0.15, 0.2) is 64.8 Å². The molecule has 1 fully saturated rings. The number of Topliss-reactive ketones (excluding diaryl/α,β-unsaturated/α-hetero) is 1. The lowest BCUT2D eigenvalue weighted by Gasteiger charge is -2.23. The van der Waals surface area contributed by atoms with Gasteiger partial charge in [-0.1, -0.05) is 0 Å². The van der Waals surface area contributed by atoms with Gasteiger partial charge in [-0.2, -0.15) is 0 Å². The highest BCUT2D eigenvalue weighted by molar-refractivity contribution is 6.46. The van der Waals surface area contributed by atoms with E-state index in [0.717, 1.165) is 11.1 Å². The van der Waals surface area contributed by atoms with Crippen molar-refractivity contribution < 1.29 is 23.8 Å². The summed E-state index contributed by atoms with van der Waals surface area (Å²) in [6, 6.07) is 11.4. The molecule has 1 aliphatic rings. The summed E-state index contributed by atoms with van der Waals surface area (Å²) in [7, 11) is 0. The molecule has 0 bridgehead atoms. The van der Waals surface area contributed by atoms with E-state index in [4.69, 9.17) is 9.15 Å². The van der Waals surface area contributed by atoms with Crippen LogP contribution in [-0.4, -0.2) is 33.3 Å². The van der Waals surface area contributed by atoms with Crippen LogP contribution >= 0.6 is 0 Å². The van der Waals surface area contributed by atoms with Crippen molar-refractivity contribution in [2.24, 2.45) is 0 Å². The number of aryl methyl sites for hydroxylation is 2. The van der Waals surface area contributed by atoms with Gasteiger partial charge in [0.15, 0.2) is 0 Å². The average Bonchev–Trinajstić information content (AvgIpc) is 3.32. The highest BCUT2D eigenvalue weighted by Gasteiger charge is 2.47. The molecule has 1 saturated heterocycles. The molecule has 3 aromatic rings. The Bertz CT molecular complexity index is 1200. The van der Waals surface area contributed by atoms with Crippen LogP contribution in [0.25, 0.3) is 5.76 Å². The molecule has 32 heavy (non-hydrogen) atoms. The molecule has 1 unspecified atom stereocenters. The summed E-state index contributed by atoms with van der Waals surface area (Å²) in [5.41, 5.74) is 2.06. The van der Waals surface area contributed by atoms with Crippen LogP contribution in [0.2, 0.25) is 0 Å². The summed E-state index contributed by atoms with van der Waals surface area (Å²) in [4.78, 5) is 31.5. The van der Waals surface area contributed by atoms with Gasteiger partial charge in [-0.05, 0) is 74.4 Å². The fraction of sp³-hybridized carbons (Fsp3) is 0.240. The lowest BCUT2D eigenvalue weighted by Crippen LogP contribution is -2.29. The number of ketones is 1. The van der Waals surface area contributed by atoms with Crippen molar-refractivity contribution in [3.8, 4) is 5.75 Å².